The van der Waals surface area contributed by atoms with E-state index in [2.05, 4.69) is 0 Å². The third-order valence-corrected chi connectivity index (χ3v) is 2.46. The molecule has 0 unspecified atom stereocenters. The first kappa shape index (κ1) is 11.5. The summed E-state index contributed by atoms with van der Waals surface area (Å²) in [7, 11) is 5.12. The number of aryl methyl sites for hydroxylation is 1. The lowest BCUT2D eigenvalue weighted by Crippen LogP contribution is -2.26. The molecule has 0 aromatic carbocycles. The van der Waals surface area contributed by atoms with Crippen molar-refractivity contribution in [1.82, 2.24) is 9.47 Å². The molecule has 0 spiro atoms. The van der Waals surface area contributed by atoms with Crippen molar-refractivity contribution in [2.24, 2.45) is 7.05 Å². The number of rotatable bonds is 2. The molecule has 0 aliphatic rings. The van der Waals surface area contributed by atoms with Gasteiger partial charge in [0.25, 0.3) is 5.56 Å². The summed E-state index contributed by atoms with van der Waals surface area (Å²) < 4.78 is 1.51. The van der Waals surface area contributed by atoms with Crippen LogP contribution in [0.4, 0.5) is 0 Å². The van der Waals surface area contributed by atoms with Crippen molar-refractivity contribution in [1.29, 1.82) is 0 Å². The quantitative estimate of drug-likeness (QED) is 0.702. The molecule has 4 heteroatoms. The highest BCUT2D eigenvalue weighted by molar-refractivity contribution is 5.78. The molecule has 0 fully saturated rings. The van der Waals surface area contributed by atoms with Crippen molar-refractivity contribution in [2.75, 3.05) is 14.1 Å². The monoisotopic (exact) mass is 208 g/mol. The van der Waals surface area contributed by atoms with Gasteiger partial charge in [0.1, 0.15) is 0 Å². The molecule has 1 heterocycles. The van der Waals surface area contributed by atoms with E-state index in [1.807, 2.05) is 6.07 Å². The summed E-state index contributed by atoms with van der Waals surface area (Å²) in [5.74, 6) is 0.00588. The van der Waals surface area contributed by atoms with Crippen LogP contribution in [-0.4, -0.2) is 29.5 Å². The summed E-state index contributed by atoms with van der Waals surface area (Å²) in [6.45, 7) is 1.75. The molecule has 1 aromatic rings. The second-order valence-electron chi connectivity index (χ2n) is 3.85. The van der Waals surface area contributed by atoms with Gasteiger partial charge in [0.15, 0.2) is 0 Å². The maximum atomic E-state index is 11.6. The second-order valence-corrected chi connectivity index (χ2v) is 3.85. The predicted molar refractivity (Wildman–Crippen MR) is 58.8 cm³/mol. The first-order valence-corrected chi connectivity index (χ1v) is 4.78. The molecule has 0 bridgehead atoms. The van der Waals surface area contributed by atoms with E-state index in [4.69, 9.17) is 0 Å². The van der Waals surface area contributed by atoms with Crippen molar-refractivity contribution in [3.05, 3.63) is 33.7 Å². The molecule has 0 aliphatic heterocycles. The summed E-state index contributed by atoms with van der Waals surface area (Å²) in [5.41, 5.74) is 1.41. The minimum absolute atomic E-state index is 0.00588. The van der Waals surface area contributed by atoms with Crippen LogP contribution in [-0.2, 0) is 18.3 Å². The molecule has 0 atom stereocenters. The van der Waals surface area contributed by atoms with Crippen molar-refractivity contribution in [3.63, 3.8) is 0 Å². The van der Waals surface area contributed by atoms with Gasteiger partial charge in [0, 0.05) is 32.9 Å². The van der Waals surface area contributed by atoms with Crippen LogP contribution in [0.3, 0.4) is 0 Å². The fourth-order valence-corrected chi connectivity index (χ4v) is 1.31. The SMILES string of the molecule is Cc1c(CC(=O)N(C)C)ccn(C)c1=O. The Morgan fingerprint density at radius 3 is 2.60 bits per heavy atom. The van der Waals surface area contributed by atoms with Crippen LogP contribution in [0.1, 0.15) is 11.1 Å². The van der Waals surface area contributed by atoms with Crippen LogP contribution in [0.25, 0.3) is 0 Å². The molecule has 1 rings (SSSR count). The molecule has 0 N–H and O–H groups in total. The van der Waals surface area contributed by atoms with Gasteiger partial charge < -0.3 is 9.47 Å². The van der Waals surface area contributed by atoms with Gasteiger partial charge in [-0.2, -0.15) is 0 Å². The van der Waals surface area contributed by atoms with Crippen LogP contribution in [0, 0.1) is 6.92 Å². The zero-order valence-corrected chi connectivity index (χ0v) is 9.57. The number of carbonyl (C=O) groups is 1. The highest BCUT2D eigenvalue weighted by Crippen LogP contribution is 2.04. The molecule has 1 aromatic heterocycles. The summed E-state index contributed by atoms with van der Waals surface area (Å²) in [4.78, 5) is 24.6. The lowest BCUT2D eigenvalue weighted by molar-refractivity contribution is -0.127. The number of nitrogens with zero attached hydrogens (tertiary/aromatic N) is 2. The van der Waals surface area contributed by atoms with E-state index in [-0.39, 0.29) is 17.9 Å². The van der Waals surface area contributed by atoms with E-state index >= 15 is 0 Å². The van der Waals surface area contributed by atoms with Gasteiger partial charge in [0.05, 0.1) is 6.42 Å². The van der Waals surface area contributed by atoms with Crippen molar-refractivity contribution in [2.45, 2.75) is 13.3 Å². The number of amides is 1. The number of hydrogen-bond donors (Lipinski definition) is 0. The normalized spacial score (nSPS) is 10.1. The summed E-state index contributed by atoms with van der Waals surface area (Å²) in [6, 6.07) is 1.82. The van der Waals surface area contributed by atoms with Crippen LogP contribution in [0.2, 0.25) is 0 Å². The highest BCUT2D eigenvalue weighted by atomic mass is 16.2. The van der Waals surface area contributed by atoms with Gasteiger partial charge >= 0.3 is 0 Å². The van der Waals surface area contributed by atoms with Gasteiger partial charge in [-0.25, -0.2) is 0 Å². The standard InChI is InChI=1S/C11H16N2O2/c1-8-9(7-10(14)12(2)3)5-6-13(4)11(8)15/h5-6H,7H2,1-4H3. The largest absolute Gasteiger partial charge is 0.349 e. The molecule has 82 valence electrons. The smallest absolute Gasteiger partial charge is 0.253 e. The fraction of sp³-hybridized carbons (Fsp3) is 0.455. The number of pyridine rings is 1. The lowest BCUT2D eigenvalue weighted by atomic mass is 10.1. The van der Waals surface area contributed by atoms with Crippen LogP contribution in [0.5, 0.6) is 0 Å². The molecule has 0 radical (unpaired) electrons. The van der Waals surface area contributed by atoms with Gasteiger partial charge in [-0.15, -0.1) is 0 Å². The first-order valence-electron chi connectivity index (χ1n) is 4.78. The van der Waals surface area contributed by atoms with Crippen LogP contribution < -0.4 is 5.56 Å². The fourth-order valence-electron chi connectivity index (χ4n) is 1.31. The number of likely N-dealkylation sites (N-methyl/N-ethyl adjacent to an activating group) is 1. The zero-order valence-electron chi connectivity index (χ0n) is 9.57. The maximum Gasteiger partial charge on any atom is 0.253 e. The predicted octanol–water partition coefficient (Wildman–Crippen LogP) is 0.324. The van der Waals surface area contributed by atoms with Gasteiger partial charge in [-0.1, -0.05) is 0 Å². The number of hydrogen-bond acceptors (Lipinski definition) is 2. The number of carbonyl (C=O) groups excluding carboxylic acids is 1. The third-order valence-electron chi connectivity index (χ3n) is 2.46. The Morgan fingerprint density at radius 1 is 1.47 bits per heavy atom. The van der Waals surface area contributed by atoms with Crippen molar-refractivity contribution < 1.29 is 4.79 Å². The average Bonchev–Trinajstić information content (AvgIpc) is 2.18. The van der Waals surface area contributed by atoms with Gasteiger partial charge in [-0.3, -0.25) is 9.59 Å². The molecular formula is C11H16N2O2. The third kappa shape index (κ3) is 2.46. The molecule has 0 saturated carbocycles. The van der Waals surface area contributed by atoms with E-state index in [9.17, 15) is 9.59 Å². The molecule has 0 aliphatic carbocycles. The second kappa shape index (κ2) is 4.29. The van der Waals surface area contributed by atoms with E-state index in [0.717, 1.165) is 5.56 Å². The Balaban J connectivity index is 3.03. The van der Waals surface area contributed by atoms with E-state index < -0.39 is 0 Å². The van der Waals surface area contributed by atoms with E-state index in [1.165, 1.54) is 9.47 Å². The van der Waals surface area contributed by atoms with Crippen LogP contribution in [0.15, 0.2) is 17.1 Å². The Bertz CT molecular complexity index is 433. The summed E-state index contributed by atoms with van der Waals surface area (Å²) in [6.07, 6.45) is 1.97. The van der Waals surface area contributed by atoms with Crippen LogP contribution >= 0.6 is 0 Å². The van der Waals surface area contributed by atoms with Gasteiger partial charge in [0.2, 0.25) is 5.91 Å². The minimum atomic E-state index is -0.0425. The molecule has 1 amide bonds. The molecular weight excluding hydrogens is 192 g/mol. The summed E-state index contributed by atoms with van der Waals surface area (Å²) in [5, 5.41) is 0. The van der Waals surface area contributed by atoms with E-state index in [1.54, 1.807) is 34.3 Å². The van der Waals surface area contributed by atoms with Gasteiger partial charge in [-0.05, 0) is 18.6 Å². The van der Waals surface area contributed by atoms with E-state index in [0.29, 0.717) is 5.56 Å². The molecule has 4 nitrogen and oxygen atoms in total. The Morgan fingerprint density at radius 2 is 2.07 bits per heavy atom. The Hall–Kier alpha value is -1.58. The molecule has 15 heavy (non-hydrogen) atoms. The topological polar surface area (TPSA) is 42.3 Å². The zero-order chi connectivity index (χ0) is 11.6. The lowest BCUT2D eigenvalue weighted by Gasteiger charge is -2.11. The first-order chi connectivity index (χ1) is 6.93. The van der Waals surface area contributed by atoms with Crippen molar-refractivity contribution >= 4 is 5.91 Å². The molecule has 0 saturated heterocycles. The highest BCUT2D eigenvalue weighted by Gasteiger charge is 2.09. The number of aromatic nitrogens is 1. The van der Waals surface area contributed by atoms with Crippen molar-refractivity contribution in [3.8, 4) is 0 Å². The average molecular weight is 208 g/mol. The Kier molecular flexibility index (Phi) is 3.29. The Labute approximate surface area is 89.1 Å². The maximum absolute atomic E-state index is 11.6. The minimum Gasteiger partial charge on any atom is -0.349 e. The summed E-state index contributed by atoms with van der Waals surface area (Å²) >= 11 is 0.